The van der Waals surface area contributed by atoms with Gasteiger partial charge in [-0.15, -0.1) is 11.3 Å². The van der Waals surface area contributed by atoms with Crippen molar-refractivity contribution >= 4 is 85.6 Å². The van der Waals surface area contributed by atoms with Gasteiger partial charge < -0.3 is 0 Å². The van der Waals surface area contributed by atoms with E-state index in [2.05, 4.69) is 114 Å². The van der Waals surface area contributed by atoms with Crippen molar-refractivity contribution in [2.24, 2.45) is 0 Å². The van der Waals surface area contributed by atoms with Crippen molar-refractivity contribution in [1.82, 2.24) is 9.55 Å². The molecule has 0 N–H and O–H groups in total. The minimum Gasteiger partial charge on any atom is -0.293 e. The lowest BCUT2D eigenvalue weighted by atomic mass is 9.94. The molecule has 0 aliphatic rings. The molecule has 0 aliphatic heterocycles. The quantitative estimate of drug-likeness (QED) is 0.205. The molecule has 3 heteroatoms. The first-order chi connectivity index (χ1) is 18.9. The molecule has 0 saturated heterocycles. The summed E-state index contributed by atoms with van der Waals surface area (Å²) >= 11 is 1.93. The van der Waals surface area contributed by atoms with Gasteiger partial charge in [-0.05, 0) is 39.7 Å². The summed E-state index contributed by atoms with van der Waals surface area (Å²) in [5, 5.41) is 13.1. The Morgan fingerprint density at radius 1 is 0.447 bits per heavy atom. The van der Waals surface area contributed by atoms with Gasteiger partial charge in [0.05, 0.1) is 11.0 Å². The minimum absolute atomic E-state index is 0.944. The van der Waals surface area contributed by atoms with Crippen molar-refractivity contribution in [1.29, 1.82) is 0 Å². The number of thiophene rings is 1. The van der Waals surface area contributed by atoms with Crippen LogP contribution in [0.3, 0.4) is 0 Å². The van der Waals surface area contributed by atoms with Crippen LogP contribution in [-0.2, 0) is 0 Å². The molecule has 0 aliphatic carbocycles. The molecule has 176 valence electrons. The maximum Gasteiger partial charge on any atom is 0.137 e. The van der Waals surface area contributed by atoms with E-state index in [1.807, 2.05) is 23.6 Å². The second kappa shape index (κ2) is 7.41. The Kier molecular flexibility index (Phi) is 3.96. The Balaban J connectivity index is 1.71. The molecule has 9 rings (SSSR count). The monoisotopic (exact) mass is 500 g/mol. The Hall–Kier alpha value is -4.73. The fourth-order valence-corrected chi connectivity index (χ4v) is 7.91. The number of pyridine rings is 1. The number of benzene rings is 6. The van der Waals surface area contributed by atoms with Crippen molar-refractivity contribution < 1.29 is 0 Å². The predicted octanol–water partition coefficient (Wildman–Crippen LogP) is 10.0. The zero-order valence-electron chi connectivity index (χ0n) is 20.3. The Morgan fingerprint density at radius 3 is 1.68 bits per heavy atom. The maximum atomic E-state index is 4.85. The first-order valence-corrected chi connectivity index (χ1v) is 13.7. The van der Waals surface area contributed by atoms with Crippen LogP contribution in [0.15, 0.2) is 121 Å². The van der Waals surface area contributed by atoms with Crippen LogP contribution in [0.1, 0.15) is 0 Å². The minimum atomic E-state index is 0.944. The molecule has 3 heterocycles. The highest BCUT2D eigenvalue weighted by Crippen LogP contribution is 2.51. The molecular weight excluding hydrogens is 480 g/mol. The maximum absolute atomic E-state index is 4.85. The van der Waals surface area contributed by atoms with E-state index >= 15 is 0 Å². The van der Waals surface area contributed by atoms with Crippen molar-refractivity contribution in [3.05, 3.63) is 121 Å². The van der Waals surface area contributed by atoms with Crippen LogP contribution in [0.4, 0.5) is 0 Å². The molecule has 6 aromatic carbocycles. The molecule has 3 aromatic heterocycles. The Labute approximate surface area is 222 Å². The highest BCUT2D eigenvalue weighted by Gasteiger charge is 2.24. The number of aromatic nitrogens is 2. The van der Waals surface area contributed by atoms with Gasteiger partial charge in [0.15, 0.2) is 0 Å². The zero-order valence-corrected chi connectivity index (χ0v) is 21.2. The van der Waals surface area contributed by atoms with E-state index in [9.17, 15) is 0 Å². The lowest BCUT2D eigenvalue weighted by molar-refractivity contribution is 1.08. The van der Waals surface area contributed by atoms with E-state index < -0.39 is 0 Å². The number of hydrogen-bond donors (Lipinski definition) is 0. The van der Waals surface area contributed by atoms with E-state index in [1.165, 1.54) is 74.3 Å². The van der Waals surface area contributed by atoms with Crippen LogP contribution in [0.5, 0.6) is 0 Å². The molecule has 0 fully saturated rings. The molecule has 0 bridgehead atoms. The van der Waals surface area contributed by atoms with Gasteiger partial charge in [0, 0.05) is 47.9 Å². The normalized spacial score (nSPS) is 12.2. The first kappa shape index (κ1) is 20.3. The molecule has 9 aromatic rings. The summed E-state index contributed by atoms with van der Waals surface area (Å²) in [5.41, 5.74) is 2.42. The second-order valence-electron chi connectivity index (χ2n) is 9.91. The van der Waals surface area contributed by atoms with E-state index in [4.69, 9.17) is 4.98 Å². The van der Waals surface area contributed by atoms with E-state index in [0.717, 1.165) is 5.82 Å². The van der Waals surface area contributed by atoms with Gasteiger partial charge >= 0.3 is 0 Å². The van der Waals surface area contributed by atoms with Crippen LogP contribution in [0.25, 0.3) is 80.1 Å². The van der Waals surface area contributed by atoms with Crippen molar-refractivity contribution in [3.63, 3.8) is 0 Å². The van der Waals surface area contributed by atoms with E-state index in [-0.39, 0.29) is 0 Å². The SMILES string of the molecule is c1ccc(-n2c3ccccc3c3c4ccccc4c4sc5c6ccccc6c6ccccc6c5c4c32)nc1. The number of fused-ring (bicyclic) bond motifs is 15. The van der Waals surface area contributed by atoms with Crippen LogP contribution in [0.2, 0.25) is 0 Å². The van der Waals surface area contributed by atoms with Gasteiger partial charge in [0.1, 0.15) is 5.82 Å². The first-order valence-electron chi connectivity index (χ1n) is 12.9. The van der Waals surface area contributed by atoms with Crippen molar-refractivity contribution in [2.45, 2.75) is 0 Å². The molecule has 0 unspecified atom stereocenters. The van der Waals surface area contributed by atoms with Gasteiger partial charge in [-0.25, -0.2) is 4.98 Å². The third-order valence-corrected chi connectivity index (χ3v) is 9.25. The van der Waals surface area contributed by atoms with Crippen LogP contribution in [0, 0.1) is 0 Å². The summed E-state index contributed by atoms with van der Waals surface area (Å²) < 4.78 is 5.07. The highest BCUT2D eigenvalue weighted by molar-refractivity contribution is 7.28. The molecular formula is C35H20N2S. The highest BCUT2D eigenvalue weighted by atomic mass is 32.1. The van der Waals surface area contributed by atoms with Crippen molar-refractivity contribution in [2.75, 3.05) is 0 Å². The second-order valence-corrected chi connectivity index (χ2v) is 10.9. The summed E-state index contributed by atoms with van der Waals surface area (Å²) in [6, 6.07) is 41.6. The predicted molar refractivity (Wildman–Crippen MR) is 164 cm³/mol. The van der Waals surface area contributed by atoms with E-state index in [0.29, 0.717) is 0 Å². The number of rotatable bonds is 1. The molecule has 0 saturated carbocycles. The smallest absolute Gasteiger partial charge is 0.137 e. The number of para-hydroxylation sites is 1. The standard InChI is InChI=1S/C35H20N2S/c1-3-13-23-21(11-1)22-12-2-5-15-25(22)34-31(23)32-33-30(24-14-4-6-16-26(24)35(32)38-34)27-17-7-8-18-28(27)37(33)29-19-9-10-20-36-29/h1-20H. The van der Waals surface area contributed by atoms with Gasteiger partial charge in [-0.2, -0.15) is 0 Å². The average Bonchev–Trinajstić information content (AvgIpc) is 3.55. The molecule has 0 amide bonds. The Bertz CT molecular complexity index is 2390. The Morgan fingerprint density at radius 2 is 0.974 bits per heavy atom. The lowest BCUT2D eigenvalue weighted by Crippen LogP contribution is -1.96. The third kappa shape index (κ3) is 2.49. The topological polar surface area (TPSA) is 17.8 Å². The molecule has 0 spiro atoms. The number of nitrogens with zero attached hydrogens (tertiary/aromatic N) is 2. The zero-order chi connectivity index (χ0) is 24.8. The lowest BCUT2D eigenvalue weighted by Gasteiger charge is -2.11. The molecule has 38 heavy (non-hydrogen) atoms. The summed E-state index contributed by atoms with van der Waals surface area (Å²) in [4.78, 5) is 4.85. The summed E-state index contributed by atoms with van der Waals surface area (Å²) in [5.74, 6) is 0.944. The van der Waals surface area contributed by atoms with E-state index in [1.54, 1.807) is 0 Å². The summed E-state index contributed by atoms with van der Waals surface area (Å²) in [7, 11) is 0. The average molecular weight is 501 g/mol. The van der Waals surface area contributed by atoms with Gasteiger partial charge in [-0.3, -0.25) is 4.57 Å². The van der Waals surface area contributed by atoms with Crippen LogP contribution in [-0.4, -0.2) is 9.55 Å². The van der Waals surface area contributed by atoms with Gasteiger partial charge in [0.2, 0.25) is 0 Å². The van der Waals surface area contributed by atoms with Crippen LogP contribution < -0.4 is 0 Å². The fourth-order valence-electron chi connectivity index (χ4n) is 6.52. The molecule has 0 radical (unpaired) electrons. The van der Waals surface area contributed by atoms with Crippen molar-refractivity contribution in [3.8, 4) is 5.82 Å². The van der Waals surface area contributed by atoms with Crippen LogP contribution >= 0.6 is 11.3 Å². The van der Waals surface area contributed by atoms with Gasteiger partial charge in [-0.1, -0.05) is 97.1 Å². The molecule has 2 nitrogen and oxygen atoms in total. The molecule has 0 atom stereocenters. The number of hydrogen-bond acceptors (Lipinski definition) is 2. The summed E-state index contributed by atoms with van der Waals surface area (Å²) in [6.45, 7) is 0. The fraction of sp³-hybridized carbons (Fsp3) is 0. The largest absolute Gasteiger partial charge is 0.293 e. The summed E-state index contributed by atoms with van der Waals surface area (Å²) in [6.07, 6.45) is 1.89. The van der Waals surface area contributed by atoms with Gasteiger partial charge in [0.25, 0.3) is 0 Å². The third-order valence-electron chi connectivity index (χ3n) is 8.00.